The zero-order valence-electron chi connectivity index (χ0n) is 18.6. The van der Waals surface area contributed by atoms with Crippen molar-refractivity contribution in [2.45, 2.75) is 30.3 Å². The van der Waals surface area contributed by atoms with Crippen molar-refractivity contribution < 1.29 is 13.2 Å². The average Bonchev–Trinajstić information content (AvgIpc) is 3.41. The second kappa shape index (κ2) is 9.79. The van der Waals surface area contributed by atoms with E-state index < -0.39 is 16.1 Å². The molecule has 3 aromatic rings. The Morgan fingerprint density at radius 2 is 2.03 bits per heavy atom. The van der Waals surface area contributed by atoms with Gasteiger partial charge >= 0.3 is 0 Å². The summed E-state index contributed by atoms with van der Waals surface area (Å²) in [4.78, 5) is 20.6. The molecule has 0 aliphatic carbocycles. The number of benzene rings is 1. The van der Waals surface area contributed by atoms with Crippen molar-refractivity contribution >= 4 is 26.8 Å². The number of carbonyl (C=O) groups is 1. The van der Waals surface area contributed by atoms with Crippen LogP contribution in [0.4, 0.5) is 0 Å². The first-order chi connectivity index (χ1) is 15.9. The van der Waals surface area contributed by atoms with Crippen LogP contribution in [0.15, 0.2) is 53.7 Å². The van der Waals surface area contributed by atoms with Crippen LogP contribution in [-0.2, 0) is 21.4 Å². The molecule has 1 aliphatic heterocycles. The maximum Gasteiger partial charge on any atom is 0.241 e. The molecular formula is C23H28N6O3S. The molecule has 174 valence electrons. The maximum atomic E-state index is 13.5. The lowest BCUT2D eigenvalue weighted by atomic mass is 10.2. The van der Waals surface area contributed by atoms with Gasteiger partial charge in [-0.15, -0.1) is 0 Å². The Labute approximate surface area is 193 Å². The lowest BCUT2D eigenvalue weighted by molar-refractivity contribution is -0.133. The molecule has 0 radical (unpaired) electrons. The SMILES string of the molecule is CN1CCCN(C(=O)C(CCn2cccc2C#N)NS(=O)(=O)c2cccc3[nH]ccc23)CC1. The number of fused-ring (bicyclic) bond motifs is 1. The zero-order chi connectivity index (χ0) is 23.4. The standard InChI is InChI=1S/C23H28N6O3S/c1-27-11-4-13-29(16-15-27)23(30)21(9-14-28-12-3-5-18(28)17-24)26-33(31,32)22-7-2-6-20-19(22)8-10-25-20/h2-3,5-8,10,12,21,25-26H,4,9,11,13-16H2,1H3. The minimum absolute atomic E-state index is 0.133. The van der Waals surface area contributed by atoms with Gasteiger partial charge in [-0.3, -0.25) is 4.79 Å². The Balaban J connectivity index is 1.60. The minimum atomic E-state index is -3.97. The number of nitriles is 1. The third-order valence-corrected chi connectivity index (χ3v) is 7.60. The Morgan fingerprint density at radius 3 is 2.85 bits per heavy atom. The van der Waals surface area contributed by atoms with Crippen molar-refractivity contribution in [3.8, 4) is 6.07 Å². The van der Waals surface area contributed by atoms with Gasteiger partial charge in [-0.05, 0) is 56.8 Å². The predicted molar refractivity (Wildman–Crippen MR) is 125 cm³/mol. The summed E-state index contributed by atoms with van der Waals surface area (Å²) in [5.41, 5.74) is 1.18. The van der Waals surface area contributed by atoms with Crippen LogP contribution in [0.1, 0.15) is 18.5 Å². The smallest absolute Gasteiger partial charge is 0.241 e. The van der Waals surface area contributed by atoms with Gasteiger partial charge in [0, 0.05) is 49.5 Å². The van der Waals surface area contributed by atoms with Gasteiger partial charge in [0.15, 0.2) is 0 Å². The van der Waals surface area contributed by atoms with Gasteiger partial charge in [-0.25, -0.2) is 8.42 Å². The first kappa shape index (κ1) is 23.0. The quantitative estimate of drug-likeness (QED) is 0.548. The van der Waals surface area contributed by atoms with Gasteiger partial charge in [0.2, 0.25) is 15.9 Å². The molecule has 1 unspecified atom stereocenters. The number of H-pyrrole nitrogens is 1. The first-order valence-electron chi connectivity index (χ1n) is 11.0. The van der Waals surface area contributed by atoms with Crippen LogP contribution >= 0.6 is 0 Å². The van der Waals surface area contributed by atoms with E-state index >= 15 is 0 Å². The first-order valence-corrected chi connectivity index (χ1v) is 12.5. The van der Waals surface area contributed by atoms with E-state index in [2.05, 4.69) is 20.7 Å². The van der Waals surface area contributed by atoms with Crippen molar-refractivity contribution in [2.75, 3.05) is 33.2 Å². The molecule has 4 rings (SSSR count). The van der Waals surface area contributed by atoms with E-state index in [1.165, 1.54) is 0 Å². The highest BCUT2D eigenvalue weighted by Gasteiger charge is 2.31. The van der Waals surface area contributed by atoms with Crippen LogP contribution in [0.3, 0.4) is 0 Å². The second-order valence-electron chi connectivity index (χ2n) is 8.34. The number of sulfonamides is 1. The number of hydrogen-bond donors (Lipinski definition) is 2. The summed E-state index contributed by atoms with van der Waals surface area (Å²) in [7, 11) is -1.95. The summed E-state index contributed by atoms with van der Waals surface area (Å²) in [6, 6.07) is 11.4. The molecule has 1 fully saturated rings. The minimum Gasteiger partial charge on any atom is -0.361 e. The molecule has 0 saturated carbocycles. The van der Waals surface area contributed by atoms with Gasteiger partial charge < -0.3 is 19.4 Å². The van der Waals surface area contributed by atoms with Gasteiger partial charge in [0.25, 0.3) is 0 Å². The van der Waals surface area contributed by atoms with E-state index in [9.17, 15) is 18.5 Å². The molecule has 33 heavy (non-hydrogen) atoms. The van der Waals surface area contributed by atoms with Crippen LogP contribution in [-0.4, -0.2) is 72.9 Å². The lowest BCUT2D eigenvalue weighted by Crippen LogP contribution is -2.49. The summed E-state index contributed by atoms with van der Waals surface area (Å²) in [5, 5.41) is 9.87. The van der Waals surface area contributed by atoms with Crippen molar-refractivity contribution in [1.82, 2.24) is 24.1 Å². The van der Waals surface area contributed by atoms with Gasteiger partial charge in [0.05, 0.1) is 4.90 Å². The largest absolute Gasteiger partial charge is 0.361 e. The molecule has 1 atom stereocenters. The summed E-state index contributed by atoms with van der Waals surface area (Å²) >= 11 is 0. The predicted octanol–water partition coefficient (Wildman–Crippen LogP) is 1.74. The van der Waals surface area contributed by atoms with E-state index in [1.807, 2.05) is 7.05 Å². The maximum absolute atomic E-state index is 13.5. The molecule has 1 aliphatic rings. The fourth-order valence-electron chi connectivity index (χ4n) is 4.24. The number of aromatic amines is 1. The molecule has 9 nitrogen and oxygen atoms in total. The number of nitrogens with one attached hydrogen (secondary N) is 2. The zero-order valence-corrected chi connectivity index (χ0v) is 19.4. The van der Waals surface area contributed by atoms with E-state index in [4.69, 9.17) is 0 Å². The van der Waals surface area contributed by atoms with Crippen molar-refractivity contribution in [2.24, 2.45) is 0 Å². The molecule has 1 aromatic carbocycles. The van der Waals surface area contributed by atoms with Crippen LogP contribution in [0.5, 0.6) is 0 Å². The Morgan fingerprint density at radius 1 is 1.18 bits per heavy atom. The Bertz CT molecular complexity index is 1270. The number of carbonyl (C=O) groups excluding carboxylic acids is 1. The van der Waals surface area contributed by atoms with Crippen molar-refractivity contribution in [3.63, 3.8) is 0 Å². The number of rotatable bonds is 7. The summed E-state index contributed by atoms with van der Waals surface area (Å²) in [6.07, 6.45) is 4.52. The second-order valence-corrected chi connectivity index (χ2v) is 10.0. The third-order valence-electron chi connectivity index (χ3n) is 6.07. The van der Waals surface area contributed by atoms with Crippen molar-refractivity contribution in [3.05, 3.63) is 54.5 Å². The van der Waals surface area contributed by atoms with Gasteiger partial charge in [-0.1, -0.05) is 6.07 Å². The highest BCUT2D eigenvalue weighted by molar-refractivity contribution is 7.89. The van der Waals surface area contributed by atoms with Gasteiger partial charge in [0.1, 0.15) is 17.8 Å². The molecule has 2 N–H and O–H groups in total. The van der Waals surface area contributed by atoms with Crippen LogP contribution in [0, 0.1) is 11.3 Å². The average molecular weight is 469 g/mol. The van der Waals surface area contributed by atoms with Crippen LogP contribution in [0.2, 0.25) is 0 Å². The highest BCUT2D eigenvalue weighted by atomic mass is 32.2. The third kappa shape index (κ3) is 5.11. The molecule has 10 heteroatoms. The fraction of sp³-hybridized carbons (Fsp3) is 0.391. The topological polar surface area (TPSA) is 114 Å². The molecule has 0 bridgehead atoms. The number of aromatic nitrogens is 2. The van der Waals surface area contributed by atoms with E-state index in [-0.39, 0.29) is 17.2 Å². The number of amides is 1. The number of nitrogens with zero attached hydrogens (tertiary/aromatic N) is 4. The van der Waals surface area contributed by atoms with Crippen molar-refractivity contribution in [1.29, 1.82) is 5.26 Å². The van der Waals surface area contributed by atoms with E-state index in [0.717, 1.165) is 19.5 Å². The normalized spacial score (nSPS) is 16.4. The van der Waals surface area contributed by atoms with Crippen LogP contribution in [0.25, 0.3) is 10.9 Å². The van der Waals surface area contributed by atoms with Crippen LogP contribution < -0.4 is 4.72 Å². The molecule has 1 amide bonds. The van der Waals surface area contributed by atoms with Gasteiger partial charge in [-0.2, -0.15) is 9.98 Å². The molecular weight excluding hydrogens is 440 g/mol. The molecule has 1 saturated heterocycles. The Kier molecular flexibility index (Phi) is 6.83. The summed E-state index contributed by atoms with van der Waals surface area (Å²) < 4.78 is 31.2. The molecule has 3 heterocycles. The number of hydrogen-bond acceptors (Lipinski definition) is 5. The lowest BCUT2D eigenvalue weighted by Gasteiger charge is -2.27. The fourth-order valence-corrected chi connectivity index (χ4v) is 5.69. The molecule has 0 spiro atoms. The van der Waals surface area contributed by atoms with E-state index in [0.29, 0.717) is 36.2 Å². The summed E-state index contributed by atoms with van der Waals surface area (Å²) in [5.74, 6) is -0.235. The highest BCUT2D eigenvalue weighted by Crippen LogP contribution is 2.23. The number of likely N-dealkylation sites (N-methyl/N-ethyl adjacent to an activating group) is 1. The van der Waals surface area contributed by atoms with E-state index in [1.54, 1.807) is 58.3 Å². The number of aryl methyl sites for hydroxylation is 1. The monoisotopic (exact) mass is 468 g/mol. The Hall–Kier alpha value is -3.13. The summed E-state index contributed by atoms with van der Waals surface area (Å²) in [6.45, 7) is 3.11. The molecule has 2 aromatic heterocycles.